The van der Waals surface area contributed by atoms with Crippen molar-refractivity contribution in [1.82, 2.24) is 4.98 Å². The van der Waals surface area contributed by atoms with E-state index in [0.717, 1.165) is 17.7 Å². The monoisotopic (exact) mass is 324 g/mol. The van der Waals surface area contributed by atoms with Crippen molar-refractivity contribution in [2.75, 3.05) is 6.61 Å². The average Bonchev–Trinajstić information content (AvgIpc) is 3.01. The number of nitro groups is 1. The number of aromatic nitrogens is 1. The smallest absolute Gasteiger partial charge is 0.271 e. The zero-order valence-corrected chi connectivity index (χ0v) is 13.1. The van der Waals surface area contributed by atoms with Gasteiger partial charge >= 0.3 is 0 Å². The minimum atomic E-state index is -0.453. The van der Waals surface area contributed by atoms with Crippen molar-refractivity contribution < 1.29 is 14.1 Å². The van der Waals surface area contributed by atoms with Gasteiger partial charge in [-0.15, -0.1) is 0 Å². The van der Waals surface area contributed by atoms with Gasteiger partial charge in [-0.25, -0.2) is 4.98 Å². The number of nitro benzene ring substituents is 1. The van der Waals surface area contributed by atoms with E-state index in [1.807, 2.05) is 30.3 Å². The summed E-state index contributed by atoms with van der Waals surface area (Å²) >= 11 is 0. The quantitative estimate of drug-likeness (QED) is 0.485. The van der Waals surface area contributed by atoms with Crippen LogP contribution in [0.15, 0.2) is 46.9 Å². The van der Waals surface area contributed by atoms with Crippen LogP contribution in [-0.2, 0) is 0 Å². The minimum Gasteiger partial charge on any atom is -0.494 e. The summed E-state index contributed by atoms with van der Waals surface area (Å²) in [4.78, 5) is 14.6. The molecule has 24 heavy (non-hydrogen) atoms. The van der Waals surface area contributed by atoms with Crippen molar-refractivity contribution in [3.05, 3.63) is 64.0 Å². The number of fused-ring (bicyclic) bond motifs is 1. The molecular weight excluding hydrogens is 308 g/mol. The van der Waals surface area contributed by atoms with Crippen molar-refractivity contribution in [3.8, 4) is 5.75 Å². The fourth-order valence-electron chi connectivity index (χ4n) is 2.18. The molecule has 0 saturated carbocycles. The summed E-state index contributed by atoms with van der Waals surface area (Å²) in [5, 5.41) is 10.8. The van der Waals surface area contributed by atoms with E-state index in [1.165, 1.54) is 12.1 Å². The first-order valence-electron chi connectivity index (χ1n) is 7.61. The Balaban J connectivity index is 1.76. The molecule has 6 nitrogen and oxygen atoms in total. The molecule has 0 fully saturated rings. The predicted octanol–water partition coefficient (Wildman–Crippen LogP) is 4.70. The summed E-state index contributed by atoms with van der Waals surface area (Å²) < 4.78 is 11.1. The lowest BCUT2D eigenvalue weighted by atomic mass is 10.2. The lowest BCUT2D eigenvalue weighted by molar-refractivity contribution is -0.384. The summed E-state index contributed by atoms with van der Waals surface area (Å²) in [5.74, 6) is 1.24. The summed E-state index contributed by atoms with van der Waals surface area (Å²) in [6.45, 7) is 2.76. The number of rotatable bonds is 6. The predicted molar refractivity (Wildman–Crippen MR) is 91.8 cm³/mol. The second-order valence-corrected chi connectivity index (χ2v) is 5.21. The summed E-state index contributed by atoms with van der Waals surface area (Å²) in [6.07, 6.45) is 4.56. The van der Waals surface area contributed by atoms with Crippen molar-refractivity contribution in [1.29, 1.82) is 0 Å². The van der Waals surface area contributed by atoms with E-state index in [-0.39, 0.29) is 5.69 Å². The van der Waals surface area contributed by atoms with Crippen LogP contribution in [0.1, 0.15) is 24.8 Å². The molecule has 6 heteroatoms. The van der Waals surface area contributed by atoms with Crippen molar-refractivity contribution in [2.24, 2.45) is 0 Å². The van der Waals surface area contributed by atoms with Gasteiger partial charge in [0.25, 0.3) is 5.69 Å². The van der Waals surface area contributed by atoms with Crippen LogP contribution in [0.3, 0.4) is 0 Å². The van der Waals surface area contributed by atoms with Gasteiger partial charge in [0.1, 0.15) is 11.3 Å². The molecule has 0 aliphatic carbocycles. The molecule has 0 amide bonds. The lowest BCUT2D eigenvalue weighted by Gasteiger charge is -2.03. The van der Waals surface area contributed by atoms with Gasteiger partial charge < -0.3 is 9.15 Å². The maximum Gasteiger partial charge on any atom is 0.271 e. The number of oxazole rings is 1. The van der Waals surface area contributed by atoms with E-state index in [2.05, 4.69) is 11.9 Å². The maximum absolute atomic E-state index is 10.8. The van der Waals surface area contributed by atoms with Crippen LogP contribution >= 0.6 is 0 Å². The molecule has 0 atom stereocenters. The third kappa shape index (κ3) is 3.60. The molecule has 2 aromatic carbocycles. The van der Waals surface area contributed by atoms with Crippen molar-refractivity contribution in [3.63, 3.8) is 0 Å². The van der Waals surface area contributed by atoms with Crippen LogP contribution in [0.5, 0.6) is 5.75 Å². The van der Waals surface area contributed by atoms with Crippen molar-refractivity contribution >= 4 is 28.9 Å². The third-order valence-electron chi connectivity index (χ3n) is 3.37. The molecule has 0 aliphatic heterocycles. The molecular formula is C18H16N2O4. The number of non-ortho nitro benzene ring substituents is 1. The molecule has 3 rings (SSSR count). The van der Waals surface area contributed by atoms with Crippen LogP contribution in [0.25, 0.3) is 23.3 Å². The molecule has 0 unspecified atom stereocenters. The first kappa shape index (κ1) is 15.7. The molecule has 1 aromatic heterocycles. The first-order chi connectivity index (χ1) is 11.7. The van der Waals surface area contributed by atoms with Gasteiger partial charge in [-0.2, -0.15) is 0 Å². The molecule has 0 spiro atoms. The fraction of sp³-hybridized carbons (Fsp3) is 0.167. The zero-order valence-electron chi connectivity index (χ0n) is 13.1. The van der Waals surface area contributed by atoms with E-state index in [0.29, 0.717) is 23.6 Å². The Morgan fingerprint density at radius 2 is 2.00 bits per heavy atom. The highest BCUT2D eigenvalue weighted by Gasteiger charge is 2.10. The first-order valence-corrected chi connectivity index (χ1v) is 7.61. The molecule has 0 saturated heterocycles. The van der Waals surface area contributed by atoms with E-state index >= 15 is 0 Å². The Morgan fingerprint density at radius 1 is 1.21 bits per heavy atom. The molecule has 3 aromatic rings. The minimum absolute atomic E-state index is 0.00556. The molecule has 0 radical (unpaired) electrons. The van der Waals surface area contributed by atoms with Gasteiger partial charge in [0.05, 0.1) is 11.5 Å². The third-order valence-corrected chi connectivity index (χ3v) is 3.37. The largest absolute Gasteiger partial charge is 0.494 e. The highest BCUT2D eigenvalue weighted by atomic mass is 16.6. The van der Waals surface area contributed by atoms with Crippen LogP contribution in [0.4, 0.5) is 5.69 Å². The van der Waals surface area contributed by atoms with Gasteiger partial charge in [0.2, 0.25) is 5.89 Å². The molecule has 0 aliphatic rings. The Bertz CT molecular complexity index is 882. The Kier molecular flexibility index (Phi) is 4.56. The Morgan fingerprint density at radius 3 is 2.71 bits per heavy atom. The average molecular weight is 324 g/mol. The summed E-state index contributed by atoms with van der Waals surface area (Å²) in [6, 6.07) is 12.0. The SMILES string of the molecule is CCCOc1ccc(/C=C/c2nc3cc([N+](=O)[O-])ccc3o2)cc1. The highest BCUT2D eigenvalue weighted by molar-refractivity contribution is 5.78. The fourth-order valence-corrected chi connectivity index (χ4v) is 2.18. The van der Waals surface area contributed by atoms with Gasteiger partial charge in [-0.1, -0.05) is 19.1 Å². The van der Waals surface area contributed by atoms with E-state index in [9.17, 15) is 10.1 Å². The van der Waals surface area contributed by atoms with Crippen LogP contribution < -0.4 is 4.74 Å². The van der Waals surface area contributed by atoms with Crippen LogP contribution in [0.2, 0.25) is 0 Å². The summed E-state index contributed by atoms with van der Waals surface area (Å²) in [5.41, 5.74) is 1.96. The molecule has 0 N–H and O–H groups in total. The van der Waals surface area contributed by atoms with Gasteiger partial charge in [-0.05, 0) is 36.3 Å². The number of hydrogen-bond acceptors (Lipinski definition) is 5. The van der Waals surface area contributed by atoms with Gasteiger partial charge in [0.15, 0.2) is 5.58 Å². The normalized spacial score (nSPS) is 11.2. The lowest BCUT2D eigenvalue weighted by Crippen LogP contribution is -1.94. The number of hydrogen-bond donors (Lipinski definition) is 0. The Labute approximate surface area is 138 Å². The van der Waals surface area contributed by atoms with Crippen LogP contribution in [0, 0.1) is 10.1 Å². The second-order valence-electron chi connectivity index (χ2n) is 5.21. The second kappa shape index (κ2) is 6.95. The van der Waals surface area contributed by atoms with E-state index in [4.69, 9.17) is 9.15 Å². The highest BCUT2D eigenvalue weighted by Crippen LogP contribution is 2.22. The number of ether oxygens (including phenoxy) is 1. The van der Waals surface area contributed by atoms with Gasteiger partial charge in [-0.3, -0.25) is 10.1 Å². The topological polar surface area (TPSA) is 78.4 Å². The Hall–Kier alpha value is -3.15. The standard InChI is InChI=1S/C18H16N2O4/c1-2-11-23-15-7-3-13(4-8-15)5-10-18-19-16-12-14(20(21)22)6-9-17(16)24-18/h3-10,12H,2,11H2,1H3/b10-5+. The van der Waals surface area contributed by atoms with Gasteiger partial charge in [0, 0.05) is 18.2 Å². The molecule has 122 valence electrons. The van der Waals surface area contributed by atoms with E-state index in [1.54, 1.807) is 12.1 Å². The zero-order chi connectivity index (χ0) is 16.9. The van der Waals surface area contributed by atoms with Crippen molar-refractivity contribution in [2.45, 2.75) is 13.3 Å². The van der Waals surface area contributed by atoms with Crippen LogP contribution in [-0.4, -0.2) is 16.5 Å². The number of benzene rings is 2. The molecule has 0 bridgehead atoms. The maximum atomic E-state index is 10.8. The van der Waals surface area contributed by atoms with E-state index < -0.39 is 4.92 Å². The summed E-state index contributed by atoms with van der Waals surface area (Å²) in [7, 11) is 0. The number of nitrogens with zero attached hydrogens (tertiary/aromatic N) is 2. The molecule has 1 heterocycles.